The van der Waals surface area contributed by atoms with E-state index in [9.17, 15) is 4.79 Å². The van der Waals surface area contributed by atoms with Crippen molar-refractivity contribution in [2.45, 2.75) is 6.92 Å². The lowest BCUT2D eigenvalue weighted by atomic mass is 9.98. The molecule has 3 aromatic rings. The van der Waals surface area contributed by atoms with Crippen LogP contribution in [0.15, 0.2) is 45.6 Å². The highest BCUT2D eigenvalue weighted by Crippen LogP contribution is 2.44. The Labute approximate surface area is 174 Å². The third-order valence-electron chi connectivity index (χ3n) is 4.74. The van der Waals surface area contributed by atoms with E-state index in [4.69, 9.17) is 28.1 Å². The van der Waals surface area contributed by atoms with Crippen LogP contribution in [0.2, 0.25) is 0 Å². The van der Waals surface area contributed by atoms with Crippen LogP contribution in [0, 0.1) is 6.92 Å². The third-order valence-corrected chi connectivity index (χ3v) is 4.74. The predicted molar refractivity (Wildman–Crippen MR) is 113 cm³/mol. The summed E-state index contributed by atoms with van der Waals surface area (Å²) >= 11 is 0. The van der Waals surface area contributed by atoms with Crippen molar-refractivity contribution >= 4 is 0 Å². The fourth-order valence-corrected chi connectivity index (χ4v) is 3.21. The van der Waals surface area contributed by atoms with Crippen molar-refractivity contribution in [1.82, 2.24) is 0 Å². The van der Waals surface area contributed by atoms with E-state index < -0.39 is 5.63 Å². The Balaban J connectivity index is 2.30. The smallest absolute Gasteiger partial charge is 0.339 e. The summed E-state index contributed by atoms with van der Waals surface area (Å²) in [6, 6.07) is 10.8. The van der Waals surface area contributed by atoms with Crippen LogP contribution >= 0.6 is 0 Å². The van der Waals surface area contributed by atoms with E-state index >= 15 is 0 Å². The Morgan fingerprint density at radius 1 is 0.667 bits per heavy atom. The number of benzene rings is 2. The van der Waals surface area contributed by atoms with E-state index in [-0.39, 0.29) is 0 Å². The van der Waals surface area contributed by atoms with Gasteiger partial charge in [0, 0.05) is 16.7 Å². The SMILES string of the molecule is COc1ccc(-c2cc(C)c(=O)oc2-c2cc(OC)c(OC)c(OC)c2)cc1OC. The topological polar surface area (TPSA) is 76.4 Å². The Morgan fingerprint density at radius 2 is 1.23 bits per heavy atom. The van der Waals surface area contributed by atoms with Crippen LogP contribution in [-0.2, 0) is 0 Å². The molecule has 7 nitrogen and oxygen atoms in total. The summed E-state index contributed by atoms with van der Waals surface area (Å²) in [4.78, 5) is 12.4. The molecule has 1 heterocycles. The summed E-state index contributed by atoms with van der Waals surface area (Å²) < 4.78 is 32.7. The highest BCUT2D eigenvalue weighted by molar-refractivity contribution is 5.82. The fourth-order valence-electron chi connectivity index (χ4n) is 3.21. The average molecular weight is 412 g/mol. The van der Waals surface area contributed by atoms with Crippen LogP contribution in [0.4, 0.5) is 0 Å². The van der Waals surface area contributed by atoms with E-state index in [1.54, 1.807) is 45.4 Å². The molecule has 2 aromatic carbocycles. The minimum absolute atomic E-state index is 0.372. The van der Waals surface area contributed by atoms with Gasteiger partial charge in [0.25, 0.3) is 0 Å². The number of hydrogen-bond donors (Lipinski definition) is 0. The largest absolute Gasteiger partial charge is 0.493 e. The number of methoxy groups -OCH3 is 5. The lowest BCUT2D eigenvalue weighted by Gasteiger charge is -2.16. The molecule has 0 aliphatic heterocycles. The van der Waals surface area contributed by atoms with Crippen LogP contribution in [-0.4, -0.2) is 35.5 Å². The normalized spacial score (nSPS) is 10.5. The maximum absolute atomic E-state index is 12.4. The first-order chi connectivity index (χ1) is 14.5. The van der Waals surface area contributed by atoms with E-state index in [1.165, 1.54) is 21.3 Å². The minimum atomic E-state index is -0.428. The van der Waals surface area contributed by atoms with Gasteiger partial charge in [-0.15, -0.1) is 0 Å². The number of ether oxygens (including phenoxy) is 5. The van der Waals surface area contributed by atoms with Gasteiger partial charge in [0.2, 0.25) is 5.75 Å². The molecule has 1 aromatic heterocycles. The summed E-state index contributed by atoms with van der Waals surface area (Å²) in [7, 11) is 7.73. The summed E-state index contributed by atoms with van der Waals surface area (Å²) in [5, 5.41) is 0. The van der Waals surface area contributed by atoms with Gasteiger partial charge in [-0.2, -0.15) is 0 Å². The molecule has 0 saturated heterocycles. The molecular formula is C23H24O7. The molecule has 0 radical (unpaired) electrons. The standard InChI is InChI=1S/C23H24O7/c1-13-9-16(14-7-8-17(25-2)18(10-14)26-3)21(30-23(13)24)15-11-19(27-4)22(29-6)20(12-15)28-5/h7-12H,1-6H3. The zero-order valence-electron chi connectivity index (χ0n) is 17.8. The van der Waals surface area contributed by atoms with Gasteiger partial charge in [-0.05, 0) is 42.8 Å². The molecule has 30 heavy (non-hydrogen) atoms. The molecule has 0 N–H and O–H groups in total. The zero-order chi connectivity index (χ0) is 21.8. The number of aryl methyl sites for hydroxylation is 1. The molecule has 0 aliphatic rings. The van der Waals surface area contributed by atoms with Gasteiger partial charge < -0.3 is 28.1 Å². The maximum atomic E-state index is 12.4. The Kier molecular flexibility index (Phi) is 6.20. The van der Waals surface area contributed by atoms with Crippen LogP contribution in [0.1, 0.15) is 5.56 Å². The lowest BCUT2D eigenvalue weighted by Crippen LogP contribution is -2.05. The van der Waals surface area contributed by atoms with Crippen molar-refractivity contribution in [3.05, 3.63) is 52.4 Å². The fraction of sp³-hybridized carbons (Fsp3) is 0.261. The van der Waals surface area contributed by atoms with Crippen molar-refractivity contribution in [1.29, 1.82) is 0 Å². The molecule has 0 amide bonds. The summed E-state index contributed by atoms with van der Waals surface area (Å²) in [6.07, 6.45) is 0. The summed E-state index contributed by atoms with van der Waals surface area (Å²) in [5.74, 6) is 2.89. The molecule has 158 valence electrons. The van der Waals surface area contributed by atoms with Crippen LogP contribution in [0.5, 0.6) is 28.7 Å². The first-order valence-electron chi connectivity index (χ1n) is 9.14. The monoisotopic (exact) mass is 412 g/mol. The lowest BCUT2D eigenvalue weighted by molar-refractivity contribution is 0.324. The number of rotatable bonds is 7. The Morgan fingerprint density at radius 3 is 1.77 bits per heavy atom. The van der Waals surface area contributed by atoms with E-state index in [0.29, 0.717) is 51.2 Å². The molecule has 0 unspecified atom stereocenters. The average Bonchev–Trinajstić information content (AvgIpc) is 2.78. The molecule has 0 bridgehead atoms. The second kappa shape index (κ2) is 8.82. The van der Waals surface area contributed by atoms with Crippen molar-refractivity contribution < 1.29 is 28.1 Å². The Bertz CT molecular complexity index is 1090. The first kappa shape index (κ1) is 21.1. The highest BCUT2D eigenvalue weighted by Gasteiger charge is 2.20. The van der Waals surface area contributed by atoms with Gasteiger partial charge in [-0.25, -0.2) is 4.79 Å². The number of hydrogen-bond acceptors (Lipinski definition) is 7. The second-order valence-corrected chi connectivity index (χ2v) is 6.44. The molecule has 0 fully saturated rings. The van der Waals surface area contributed by atoms with Gasteiger partial charge >= 0.3 is 5.63 Å². The second-order valence-electron chi connectivity index (χ2n) is 6.44. The van der Waals surface area contributed by atoms with Crippen LogP contribution in [0.25, 0.3) is 22.5 Å². The van der Waals surface area contributed by atoms with E-state index in [2.05, 4.69) is 0 Å². The maximum Gasteiger partial charge on any atom is 0.339 e. The van der Waals surface area contributed by atoms with Gasteiger partial charge in [-0.3, -0.25) is 0 Å². The first-order valence-corrected chi connectivity index (χ1v) is 9.14. The van der Waals surface area contributed by atoms with Crippen molar-refractivity contribution in [2.24, 2.45) is 0 Å². The summed E-state index contributed by atoms with van der Waals surface area (Å²) in [6.45, 7) is 1.70. The van der Waals surface area contributed by atoms with Gasteiger partial charge in [-0.1, -0.05) is 6.07 Å². The minimum Gasteiger partial charge on any atom is -0.493 e. The van der Waals surface area contributed by atoms with E-state index in [0.717, 1.165) is 5.56 Å². The predicted octanol–water partition coefficient (Wildman–Crippen LogP) is 4.33. The zero-order valence-corrected chi connectivity index (χ0v) is 17.8. The summed E-state index contributed by atoms with van der Waals surface area (Å²) in [5.41, 5.74) is 2.16. The molecule has 0 atom stereocenters. The third kappa shape index (κ3) is 3.78. The Hall–Kier alpha value is -3.61. The molecule has 7 heteroatoms. The molecule has 3 rings (SSSR count). The van der Waals surface area contributed by atoms with Crippen molar-refractivity contribution in [3.8, 4) is 51.2 Å². The molecule has 0 saturated carbocycles. The van der Waals surface area contributed by atoms with Crippen LogP contribution < -0.4 is 29.3 Å². The molecular weight excluding hydrogens is 388 g/mol. The molecule has 0 spiro atoms. The quantitative estimate of drug-likeness (QED) is 0.572. The van der Waals surface area contributed by atoms with Gasteiger partial charge in [0.15, 0.2) is 23.0 Å². The van der Waals surface area contributed by atoms with Crippen molar-refractivity contribution in [3.63, 3.8) is 0 Å². The van der Waals surface area contributed by atoms with Crippen molar-refractivity contribution in [2.75, 3.05) is 35.5 Å². The molecule has 0 aliphatic carbocycles. The van der Waals surface area contributed by atoms with Gasteiger partial charge in [0.1, 0.15) is 5.76 Å². The van der Waals surface area contributed by atoms with E-state index in [1.807, 2.05) is 12.1 Å². The highest BCUT2D eigenvalue weighted by atomic mass is 16.5. The van der Waals surface area contributed by atoms with Gasteiger partial charge in [0.05, 0.1) is 35.5 Å². The van der Waals surface area contributed by atoms with Crippen LogP contribution in [0.3, 0.4) is 0 Å².